The molecule has 0 aliphatic carbocycles. The summed E-state index contributed by atoms with van der Waals surface area (Å²) in [7, 11) is 0. The van der Waals surface area contributed by atoms with Crippen molar-refractivity contribution in [2.24, 2.45) is 0 Å². The van der Waals surface area contributed by atoms with Crippen LogP contribution in [0.2, 0.25) is 0 Å². The Bertz CT molecular complexity index is 555. The Labute approximate surface area is 119 Å². The van der Waals surface area contributed by atoms with E-state index in [9.17, 15) is 5.11 Å². The number of rotatable bonds is 5. The topological polar surface area (TPSA) is 33.1 Å². The minimum absolute atomic E-state index is 0.398. The Morgan fingerprint density at radius 3 is 2.79 bits per heavy atom. The number of fused-ring (bicyclic) bond motifs is 1. The molecule has 2 atom stereocenters. The van der Waals surface area contributed by atoms with E-state index in [2.05, 4.69) is 24.9 Å². The number of aryl methyl sites for hydroxylation is 1. The number of nitrogens with zero attached hydrogens (tertiary/aromatic N) is 1. The van der Waals surface area contributed by atoms with Crippen molar-refractivity contribution in [2.45, 2.75) is 38.5 Å². The molecule has 0 bridgehead atoms. The van der Waals surface area contributed by atoms with Gasteiger partial charge in [0.25, 0.3) is 0 Å². The SMILES string of the molecule is CCC(C)SCC(O)c1ccc2nc(C)ccc2c1. The third-order valence-electron chi connectivity index (χ3n) is 3.35. The van der Waals surface area contributed by atoms with Crippen LogP contribution in [-0.2, 0) is 0 Å². The Kier molecular flexibility index (Phi) is 4.83. The van der Waals surface area contributed by atoms with Crippen LogP contribution in [0.25, 0.3) is 10.9 Å². The Morgan fingerprint density at radius 2 is 2.05 bits per heavy atom. The first kappa shape index (κ1) is 14.4. The quantitative estimate of drug-likeness (QED) is 0.891. The maximum atomic E-state index is 10.2. The van der Waals surface area contributed by atoms with Crippen LogP contribution in [-0.4, -0.2) is 21.1 Å². The molecule has 0 fully saturated rings. The highest BCUT2D eigenvalue weighted by Gasteiger charge is 2.10. The summed E-state index contributed by atoms with van der Waals surface area (Å²) in [5.74, 6) is 0.750. The number of hydrogen-bond donors (Lipinski definition) is 1. The van der Waals surface area contributed by atoms with Gasteiger partial charge in [-0.25, -0.2) is 0 Å². The molecule has 1 heterocycles. The van der Waals surface area contributed by atoms with Gasteiger partial charge in [-0.05, 0) is 37.1 Å². The molecule has 0 aliphatic heterocycles. The summed E-state index contributed by atoms with van der Waals surface area (Å²) >= 11 is 1.82. The van der Waals surface area contributed by atoms with Crippen LogP contribution in [0.1, 0.15) is 37.6 Å². The van der Waals surface area contributed by atoms with Crippen LogP contribution in [0, 0.1) is 6.92 Å². The van der Waals surface area contributed by atoms with Crippen LogP contribution in [0.4, 0.5) is 0 Å². The zero-order valence-electron chi connectivity index (χ0n) is 11.8. The molecular weight excluding hydrogens is 254 g/mol. The fourth-order valence-corrected chi connectivity index (χ4v) is 2.86. The lowest BCUT2D eigenvalue weighted by molar-refractivity contribution is 0.204. The predicted molar refractivity (Wildman–Crippen MR) is 83.7 cm³/mol. The summed E-state index contributed by atoms with van der Waals surface area (Å²) in [6, 6.07) is 10.1. The van der Waals surface area contributed by atoms with E-state index >= 15 is 0 Å². The highest BCUT2D eigenvalue weighted by molar-refractivity contribution is 7.99. The summed E-state index contributed by atoms with van der Waals surface area (Å²) in [6.45, 7) is 6.36. The molecule has 2 aromatic rings. The normalized spacial score (nSPS) is 14.5. The monoisotopic (exact) mass is 275 g/mol. The average Bonchev–Trinajstić information content (AvgIpc) is 2.43. The molecule has 0 radical (unpaired) electrons. The minimum Gasteiger partial charge on any atom is -0.388 e. The van der Waals surface area contributed by atoms with Crippen molar-refractivity contribution in [1.29, 1.82) is 0 Å². The first-order valence-electron chi connectivity index (χ1n) is 6.77. The van der Waals surface area contributed by atoms with Gasteiger partial charge in [-0.1, -0.05) is 26.0 Å². The van der Waals surface area contributed by atoms with Gasteiger partial charge in [-0.15, -0.1) is 0 Å². The van der Waals surface area contributed by atoms with Gasteiger partial charge in [0, 0.05) is 22.1 Å². The van der Waals surface area contributed by atoms with Crippen LogP contribution in [0.5, 0.6) is 0 Å². The molecule has 2 unspecified atom stereocenters. The van der Waals surface area contributed by atoms with E-state index in [4.69, 9.17) is 0 Å². The van der Waals surface area contributed by atoms with Gasteiger partial charge in [0.05, 0.1) is 11.6 Å². The van der Waals surface area contributed by atoms with Crippen molar-refractivity contribution in [3.8, 4) is 0 Å². The maximum Gasteiger partial charge on any atom is 0.0880 e. The van der Waals surface area contributed by atoms with Gasteiger partial charge >= 0.3 is 0 Å². The summed E-state index contributed by atoms with van der Waals surface area (Å²) < 4.78 is 0. The molecule has 1 N–H and O–H groups in total. The van der Waals surface area contributed by atoms with Crippen molar-refractivity contribution >= 4 is 22.7 Å². The van der Waals surface area contributed by atoms with E-state index in [1.165, 1.54) is 0 Å². The van der Waals surface area contributed by atoms with E-state index in [1.807, 2.05) is 43.0 Å². The van der Waals surface area contributed by atoms with Gasteiger partial charge in [-0.2, -0.15) is 11.8 Å². The van der Waals surface area contributed by atoms with Crippen LogP contribution < -0.4 is 0 Å². The predicted octanol–water partition coefficient (Wildman–Crippen LogP) is 4.11. The number of aromatic nitrogens is 1. The van der Waals surface area contributed by atoms with E-state index in [1.54, 1.807) is 0 Å². The molecule has 0 aliphatic rings. The number of thioether (sulfide) groups is 1. The number of aliphatic hydroxyl groups is 1. The van der Waals surface area contributed by atoms with Crippen molar-refractivity contribution < 1.29 is 5.11 Å². The van der Waals surface area contributed by atoms with E-state index in [-0.39, 0.29) is 0 Å². The van der Waals surface area contributed by atoms with E-state index in [0.717, 1.165) is 34.3 Å². The third kappa shape index (κ3) is 3.71. The zero-order valence-corrected chi connectivity index (χ0v) is 12.6. The fourth-order valence-electron chi connectivity index (χ4n) is 1.92. The van der Waals surface area contributed by atoms with E-state index in [0.29, 0.717) is 5.25 Å². The lowest BCUT2D eigenvalue weighted by Crippen LogP contribution is -2.04. The molecular formula is C16H21NOS. The Balaban J connectivity index is 2.14. The number of hydrogen-bond acceptors (Lipinski definition) is 3. The van der Waals surface area contributed by atoms with Crippen molar-refractivity contribution in [3.05, 3.63) is 41.6 Å². The molecule has 1 aromatic heterocycles. The minimum atomic E-state index is -0.398. The molecule has 0 saturated carbocycles. The lowest BCUT2D eigenvalue weighted by Gasteiger charge is -2.14. The van der Waals surface area contributed by atoms with E-state index < -0.39 is 6.10 Å². The molecule has 0 amide bonds. The van der Waals surface area contributed by atoms with Gasteiger partial charge in [-0.3, -0.25) is 4.98 Å². The van der Waals surface area contributed by atoms with Gasteiger partial charge in [0.1, 0.15) is 0 Å². The van der Waals surface area contributed by atoms with Gasteiger partial charge in [0.15, 0.2) is 0 Å². The van der Waals surface area contributed by atoms with Crippen molar-refractivity contribution in [3.63, 3.8) is 0 Å². The number of benzene rings is 1. The Hall–Kier alpha value is -1.06. The lowest BCUT2D eigenvalue weighted by atomic mass is 10.1. The Morgan fingerprint density at radius 1 is 1.26 bits per heavy atom. The highest BCUT2D eigenvalue weighted by Crippen LogP contribution is 2.25. The van der Waals surface area contributed by atoms with Crippen LogP contribution >= 0.6 is 11.8 Å². The molecule has 2 rings (SSSR count). The first-order chi connectivity index (χ1) is 9.10. The smallest absolute Gasteiger partial charge is 0.0880 e. The largest absolute Gasteiger partial charge is 0.388 e. The van der Waals surface area contributed by atoms with Crippen LogP contribution in [0.15, 0.2) is 30.3 Å². The molecule has 19 heavy (non-hydrogen) atoms. The molecule has 1 aromatic carbocycles. The summed E-state index contributed by atoms with van der Waals surface area (Å²) in [5.41, 5.74) is 2.99. The summed E-state index contributed by atoms with van der Waals surface area (Å²) in [4.78, 5) is 4.48. The second-order valence-electron chi connectivity index (χ2n) is 4.97. The molecule has 0 saturated heterocycles. The van der Waals surface area contributed by atoms with Crippen molar-refractivity contribution in [2.75, 3.05) is 5.75 Å². The fraction of sp³-hybridized carbons (Fsp3) is 0.438. The molecule has 3 heteroatoms. The molecule has 102 valence electrons. The average molecular weight is 275 g/mol. The second-order valence-corrected chi connectivity index (χ2v) is 6.44. The molecule has 0 spiro atoms. The first-order valence-corrected chi connectivity index (χ1v) is 7.82. The summed E-state index contributed by atoms with van der Waals surface area (Å²) in [5, 5.41) is 11.9. The van der Waals surface area contributed by atoms with Gasteiger partial charge < -0.3 is 5.11 Å². The second kappa shape index (κ2) is 6.40. The number of pyridine rings is 1. The van der Waals surface area contributed by atoms with Crippen molar-refractivity contribution in [1.82, 2.24) is 4.98 Å². The standard InChI is InChI=1S/C16H21NOS/c1-4-12(3)19-10-16(18)14-7-8-15-13(9-14)6-5-11(2)17-15/h5-9,12,16,18H,4,10H2,1-3H3. The maximum absolute atomic E-state index is 10.2. The van der Waals surface area contributed by atoms with Gasteiger partial charge in [0.2, 0.25) is 0 Å². The number of aliphatic hydroxyl groups excluding tert-OH is 1. The zero-order chi connectivity index (χ0) is 13.8. The highest BCUT2D eigenvalue weighted by atomic mass is 32.2. The third-order valence-corrected chi connectivity index (χ3v) is 4.76. The molecule has 2 nitrogen and oxygen atoms in total. The van der Waals surface area contributed by atoms with Crippen LogP contribution in [0.3, 0.4) is 0 Å². The summed E-state index contributed by atoms with van der Waals surface area (Å²) in [6.07, 6.45) is 0.739.